The van der Waals surface area contributed by atoms with E-state index in [1.54, 1.807) is 12.1 Å². The fourth-order valence-electron chi connectivity index (χ4n) is 4.57. The topological polar surface area (TPSA) is 18.5 Å². The van der Waals surface area contributed by atoms with E-state index < -0.39 is 52.8 Å². The summed E-state index contributed by atoms with van der Waals surface area (Å²) in [6.07, 6.45) is -5.98. The van der Waals surface area contributed by atoms with Crippen LogP contribution in [0.1, 0.15) is 49.7 Å². The van der Waals surface area contributed by atoms with E-state index in [0.717, 1.165) is 31.2 Å². The Hall–Kier alpha value is -3.37. The molecule has 4 rings (SSSR count). The van der Waals surface area contributed by atoms with E-state index in [1.807, 2.05) is 12.1 Å². The first kappa shape index (κ1) is 27.7. The van der Waals surface area contributed by atoms with Crippen molar-refractivity contribution in [1.82, 2.24) is 0 Å². The van der Waals surface area contributed by atoms with Crippen LogP contribution in [-0.2, 0) is 6.11 Å². The molecular formula is C27H21F9O2. The summed E-state index contributed by atoms with van der Waals surface area (Å²) < 4.78 is 131. The van der Waals surface area contributed by atoms with Gasteiger partial charge < -0.3 is 9.47 Å². The van der Waals surface area contributed by atoms with Gasteiger partial charge in [0, 0.05) is 12.1 Å². The standard InChI is InChI=1S/C27H21F9O2/c1-14-2-4-15(5-3-14)16-6-8-17(9-7-16)18-10-20(28)24(21(29)11-18)26(32,33)37-19-12-22(30)25(23(31)13-19)38-27(34,35)36/h6-15H,2-5H2,1H3. The summed E-state index contributed by atoms with van der Waals surface area (Å²) in [5, 5.41) is 0. The SMILES string of the molecule is CC1CCC(c2ccc(-c3cc(F)c(C(F)(F)Oc4cc(F)c(OC(F)(F)F)c(F)c4)c(F)c3)cc2)CC1. The second-order valence-corrected chi connectivity index (χ2v) is 9.28. The van der Waals surface area contributed by atoms with Crippen LogP contribution in [0.4, 0.5) is 39.5 Å². The lowest BCUT2D eigenvalue weighted by Gasteiger charge is -2.26. The summed E-state index contributed by atoms with van der Waals surface area (Å²) in [7, 11) is 0. The maximum atomic E-state index is 14.7. The van der Waals surface area contributed by atoms with Crippen molar-refractivity contribution >= 4 is 0 Å². The van der Waals surface area contributed by atoms with Crippen LogP contribution >= 0.6 is 0 Å². The van der Waals surface area contributed by atoms with Gasteiger partial charge in [0.15, 0.2) is 11.6 Å². The van der Waals surface area contributed by atoms with Crippen molar-refractivity contribution in [1.29, 1.82) is 0 Å². The molecule has 0 aliphatic heterocycles. The molecule has 1 fully saturated rings. The lowest BCUT2D eigenvalue weighted by Crippen LogP contribution is -2.25. The monoisotopic (exact) mass is 548 g/mol. The number of rotatable bonds is 6. The van der Waals surface area contributed by atoms with Gasteiger partial charge in [0.05, 0.1) is 0 Å². The number of hydrogen-bond donors (Lipinski definition) is 0. The number of hydrogen-bond acceptors (Lipinski definition) is 2. The molecule has 0 bridgehead atoms. The summed E-state index contributed by atoms with van der Waals surface area (Å²) >= 11 is 0. The van der Waals surface area contributed by atoms with Crippen LogP contribution in [0.5, 0.6) is 11.5 Å². The van der Waals surface area contributed by atoms with Gasteiger partial charge in [-0.3, -0.25) is 0 Å². The smallest absolute Gasteiger partial charge is 0.429 e. The quantitative estimate of drug-likeness (QED) is 0.286. The highest BCUT2D eigenvalue weighted by Gasteiger charge is 2.42. The van der Waals surface area contributed by atoms with Crippen molar-refractivity contribution in [3.05, 3.63) is 82.9 Å². The molecule has 1 saturated carbocycles. The van der Waals surface area contributed by atoms with Crippen molar-refractivity contribution in [3.8, 4) is 22.6 Å². The third-order valence-electron chi connectivity index (χ3n) is 6.50. The highest BCUT2D eigenvalue weighted by atomic mass is 19.4. The van der Waals surface area contributed by atoms with Crippen LogP contribution in [0.3, 0.4) is 0 Å². The van der Waals surface area contributed by atoms with Gasteiger partial charge in [-0.25, -0.2) is 17.6 Å². The highest BCUT2D eigenvalue weighted by molar-refractivity contribution is 5.64. The number of ether oxygens (including phenoxy) is 2. The molecular weight excluding hydrogens is 527 g/mol. The van der Waals surface area contributed by atoms with Crippen molar-refractivity contribution in [2.75, 3.05) is 0 Å². The van der Waals surface area contributed by atoms with Crippen LogP contribution in [0.25, 0.3) is 11.1 Å². The molecule has 0 amide bonds. The third-order valence-corrected chi connectivity index (χ3v) is 6.50. The van der Waals surface area contributed by atoms with Gasteiger partial charge in [-0.15, -0.1) is 13.2 Å². The maximum absolute atomic E-state index is 14.7. The molecule has 0 aromatic heterocycles. The minimum Gasteiger partial charge on any atom is -0.429 e. The molecule has 3 aromatic rings. The summed E-state index contributed by atoms with van der Waals surface area (Å²) in [5.74, 6) is -9.63. The van der Waals surface area contributed by atoms with Gasteiger partial charge in [0.25, 0.3) is 0 Å². The summed E-state index contributed by atoms with van der Waals surface area (Å²) in [6.45, 7) is 2.19. The lowest BCUT2D eigenvalue weighted by atomic mass is 9.79. The predicted molar refractivity (Wildman–Crippen MR) is 120 cm³/mol. The van der Waals surface area contributed by atoms with E-state index in [1.165, 1.54) is 0 Å². The Balaban J connectivity index is 1.56. The Kier molecular flexibility index (Phi) is 7.58. The molecule has 11 heteroatoms. The average molecular weight is 548 g/mol. The molecule has 2 nitrogen and oxygen atoms in total. The van der Waals surface area contributed by atoms with Gasteiger partial charge in [-0.1, -0.05) is 44.0 Å². The average Bonchev–Trinajstić information content (AvgIpc) is 2.80. The molecule has 0 heterocycles. The molecule has 0 radical (unpaired) electrons. The third kappa shape index (κ3) is 6.19. The van der Waals surface area contributed by atoms with Crippen molar-refractivity contribution in [2.24, 2.45) is 5.92 Å². The fourth-order valence-corrected chi connectivity index (χ4v) is 4.57. The minimum atomic E-state index is -5.46. The first-order valence-electron chi connectivity index (χ1n) is 11.6. The van der Waals surface area contributed by atoms with Crippen molar-refractivity contribution in [2.45, 2.75) is 51.0 Å². The van der Waals surface area contributed by atoms with Gasteiger partial charge >= 0.3 is 12.5 Å². The van der Waals surface area contributed by atoms with Gasteiger partial charge in [0.2, 0.25) is 5.75 Å². The van der Waals surface area contributed by atoms with Crippen LogP contribution in [0.15, 0.2) is 48.5 Å². The molecule has 0 spiro atoms. The molecule has 0 atom stereocenters. The molecule has 0 unspecified atom stereocenters. The van der Waals surface area contributed by atoms with Gasteiger partial charge in [-0.05, 0) is 53.5 Å². The summed E-state index contributed by atoms with van der Waals surface area (Å²) in [5.41, 5.74) is -0.431. The van der Waals surface area contributed by atoms with E-state index in [9.17, 15) is 39.5 Å². The molecule has 0 saturated heterocycles. The lowest BCUT2D eigenvalue weighted by molar-refractivity contribution is -0.276. The first-order chi connectivity index (χ1) is 17.7. The number of alkyl halides is 5. The normalized spacial score (nSPS) is 18.4. The molecule has 0 N–H and O–H groups in total. The minimum absolute atomic E-state index is 0.0310. The van der Waals surface area contributed by atoms with E-state index in [-0.39, 0.29) is 17.7 Å². The fraction of sp³-hybridized carbons (Fsp3) is 0.333. The highest BCUT2D eigenvalue weighted by Crippen LogP contribution is 2.40. The zero-order valence-electron chi connectivity index (χ0n) is 19.8. The molecule has 1 aliphatic rings. The Morgan fingerprint density at radius 1 is 0.658 bits per heavy atom. The second-order valence-electron chi connectivity index (χ2n) is 9.28. The summed E-state index contributed by atoms with van der Waals surface area (Å²) in [4.78, 5) is 0. The Morgan fingerprint density at radius 2 is 1.18 bits per heavy atom. The molecule has 1 aliphatic carbocycles. The zero-order valence-corrected chi connectivity index (χ0v) is 19.8. The van der Waals surface area contributed by atoms with Crippen LogP contribution in [-0.4, -0.2) is 6.36 Å². The Morgan fingerprint density at radius 3 is 1.68 bits per heavy atom. The Labute approximate surface area is 212 Å². The van der Waals surface area contributed by atoms with Crippen molar-refractivity contribution in [3.63, 3.8) is 0 Å². The Bertz CT molecular complexity index is 1250. The van der Waals surface area contributed by atoms with E-state index >= 15 is 0 Å². The predicted octanol–water partition coefficient (Wildman–Crippen LogP) is 9.23. The summed E-state index contributed by atoms with van der Waals surface area (Å²) in [6, 6.07) is 8.17. The molecule has 38 heavy (non-hydrogen) atoms. The van der Waals surface area contributed by atoms with Crippen LogP contribution < -0.4 is 9.47 Å². The first-order valence-corrected chi connectivity index (χ1v) is 11.6. The van der Waals surface area contributed by atoms with Crippen LogP contribution in [0, 0.1) is 29.2 Å². The largest absolute Gasteiger partial charge is 0.573 e. The van der Waals surface area contributed by atoms with E-state index in [2.05, 4.69) is 16.4 Å². The maximum Gasteiger partial charge on any atom is 0.573 e. The zero-order chi connectivity index (χ0) is 27.8. The second kappa shape index (κ2) is 10.4. The molecule has 3 aromatic carbocycles. The number of benzene rings is 3. The van der Waals surface area contributed by atoms with Crippen LogP contribution in [0.2, 0.25) is 0 Å². The number of halogens is 9. The van der Waals surface area contributed by atoms with Crippen molar-refractivity contribution < 1.29 is 49.0 Å². The van der Waals surface area contributed by atoms with Gasteiger partial charge in [0.1, 0.15) is 22.9 Å². The molecule has 204 valence electrons. The van der Waals surface area contributed by atoms with Gasteiger partial charge in [-0.2, -0.15) is 8.78 Å². The van der Waals surface area contributed by atoms with E-state index in [0.29, 0.717) is 29.5 Å². The van der Waals surface area contributed by atoms with E-state index in [4.69, 9.17) is 0 Å².